The van der Waals surface area contributed by atoms with Crippen molar-refractivity contribution < 1.29 is 9.84 Å². The van der Waals surface area contributed by atoms with Gasteiger partial charge in [0.05, 0.1) is 0 Å². The molecule has 2 rings (SSSR count). The molecule has 0 fully saturated rings. The van der Waals surface area contributed by atoms with E-state index in [0.29, 0.717) is 6.54 Å². The number of rotatable bonds is 8. The van der Waals surface area contributed by atoms with E-state index in [1.165, 1.54) is 16.7 Å². The number of aryl methyl sites for hydroxylation is 2. The lowest BCUT2D eigenvalue weighted by Crippen LogP contribution is -2.33. The summed E-state index contributed by atoms with van der Waals surface area (Å²) in [5.41, 5.74) is 3.77. The first-order chi connectivity index (χ1) is 11.1. The number of aliphatic hydroxyl groups is 1. The van der Waals surface area contributed by atoms with Crippen LogP contribution in [0, 0.1) is 6.92 Å². The summed E-state index contributed by atoms with van der Waals surface area (Å²) < 4.78 is 5.60. The van der Waals surface area contributed by atoms with E-state index >= 15 is 0 Å². The highest BCUT2D eigenvalue weighted by Crippen LogP contribution is 2.14. The van der Waals surface area contributed by atoms with Crippen LogP contribution >= 0.6 is 0 Å². The molecule has 3 heteroatoms. The van der Waals surface area contributed by atoms with Crippen LogP contribution in [0.15, 0.2) is 48.5 Å². The van der Waals surface area contributed by atoms with Gasteiger partial charge in [-0.2, -0.15) is 0 Å². The standard InChI is InChI=1S/C20H27NO2/c1-4-17-7-9-18(10-8-17)16(3)21-13-19(22)14-23-20-11-5-15(2)6-12-20/h5-12,16,19,21-22H,4,13-14H2,1-3H3. The highest BCUT2D eigenvalue weighted by Gasteiger charge is 2.09. The molecule has 0 radical (unpaired) electrons. The van der Waals surface area contributed by atoms with Gasteiger partial charge >= 0.3 is 0 Å². The molecule has 2 atom stereocenters. The number of hydrogen-bond donors (Lipinski definition) is 2. The monoisotopic (exact) mass is 313 g/mol. The summed E-state index contributed by atoms with van der Waals surface area (Å²) in [6.45, 7) is 7.09. The van der Waals surface area contributed by atoms with Crippen LogP contribution in [0.2, 0.25) is 0 Å². The zero-order valence-corrected chi connectivity index (χ0v) is 14.3. The Hall–Kier alpha value is -1.84. The predicted molar refractivity (Wildman–Crippen MR) is 94.9 cm³/mol. The summed E-state index contributed by atoms with van der Waals surface area (Å²) in [7, 11) is 0. The Morgan fingerprint density at radius 2 is 1.70 bits per heavy atom. The Bertz CT molecular complexity index is 578. The van der Waals surface area contributed by atoms with Crippen molar-refractivity contribution in [2.75, 3.05) is 13.2 Å². The normalized spacial score (nSPS) is 13.6. The SMILES string of the molecule is CCc1ccc(C(C)NCC(O)COc2ccc(C)cc2)cc1. The molecule has 2 aromatic carbocycles. The lowest BCUT2D eigenvalue weighted by molar-refractivity contribution is 0.104. The van der Waals surface area contributed by atoms with Crippen molar-refractivity contribution in [3.63, 3.8) is 0 Å². The molecule has 0 saturated heterocycles. The smallest absolute Gasteiger partial charge is 0.119 e. The summed E-state index contributed by atoms with van der Waals surface area (Å²) >= 11 is 0. The van der Waals surface area contributed by atoms with Crippen LogP contribution in [0.25, 0.3) is 0 Å². The van der Waals surface area contributed by atoms with E-state index in [4.69, 9.17) is 4.74 Å². The van der Waals surface area contributed by atoms with Crippen molar-refractivity contribution in [3.05, 3.63) is 65.2 Å². The van der Waals surface area contributed by atoms with Gasteiger partial charge in [-0.3, -0.25) is 0 Å². The molecule has 124 valence electrons. The van der Waals surface area contributed by atoms with Gasteiger partial charge in [0.1, 0.15) is 18.5 Å². The largest absolute Gasteiger partial charge is 0.491 e. The van der Waals surface area contributed by atoms with Crippen LogP contribution < -0.4 is 10.1 Å². The van der Waals surface area contributed by atoms with Crippen molar-refractivity contribution in [2.24, 2.45) is 0 Å². The molecule has 0 spiro atoms. The molecule has 0 aliphatic rings. The second-order valence-electron chi connectivity index (χ2n) is 6.00. The van der Waals surface area contributed by atoms with E-state index in [9.17, 15) is 5.11 Å². The van der Waals surface area contributed by atoms with Gasteiger partial charge in [-0.15, -0.1) is 0 Å². The molecular formula is C20H27NO2. The van der Waals surface area contributed by atoms with E-state index in [2.05, 4.69) is 43.4 Å². The Labute approximate surface area is 139 Å². The van der Waals surface area contributed by atoms with E-state index in [0.717, 1.165) is 12.2 Å². The third-order valence-corrected chi connectivity index (χ3v) is 4.01. The number of aliphatic hydroxyl groups excluding tert-OH is 1. The molecule has 23 heavy (non-hydrogen) atoms. The molecular weight excluding hydrogens is 286 g/mol. The summed E-state index contributed by atoms with van der Waals surface area (Å²) in [5, 5.41) is 13.4. The number of hydrogen-bond acceptors (Lipinski definition) is 3. The highest BCUT2D eigenvalue weighted by atomic mass is 16.5. The fraction of sp³-hybridized carbons (Fsp3) is 0.400. The summed E-state index contributed by atoms with van der Waals surface area (Å²) in [6, 6.07) is 16.7. The molecule has 2 aromatic rings. The maximum atomic E-state index is 10.1. The number of ether oxygens (including phenoxy) is 1. The molecule has 0 heterocycles. The Morgan fingerprint density at radius 1 is 1.04 bits per heavy atom. The minimum Gasteiger partial charge on any atom is -0.491 e. The van der Waals surface area contributed by atoms with Gasteiger partial charge in [-0.05, 0) is 43.5 Å². The molecule has 2 N–H and O–H groups in total. The average molecular weight is 313 g/mol. The first-order valence-electron chi connectivity index (χ1n) is 8.28. The molecule has 0 aromatic heterocycles. The summed E-state index contributed by atoms with van der Waals surface area (Å²) in [4.78, 5) is 0. The molecule has 2 unspecified atom stereocenters. The van der Waals surface area contributed by atoms with E-state index in [1.54, 1.807) is 0 Å². The Kier molecular flexibility index (Phi) is 6.63. The predicted octanol–water partition coefficient (Wildman–Crippen LogP) is 3.65. The molecule has 0 amide bonds. The van der Waals surface area contributed by atoms with Crippen molar-refractivity contribution in [3.8, 4) is 5.75 Å². The first-order valence-corrected chi connectivity index (χ1v) is 8.28. The van der Waals surface area contributed by atoms with Gasteiger partial charge in [-0.1, -0.05) is 48.9 Å². The highest BCUT2D eigenvalue weighted by molar-refractivity contribution is 5.26. The van der Waals surface area contributed by atoms with Crippen LogP contribution in [-0.4, -0.2) is 24.4 Å². The van der Waals surface area contributed by atoms with Crippen molar-refractivity contribution in [1.82, 2.24) is 5.32 Å². The first kappa shape index (κ1) is 17.5. The molecule has 0 aliphatic heterocycles. The third-order valence-electron chi connectivity index (χ3n) is 4.01. The maximum absolute atomic E-state index is 10.1. The zero-order valence-electron chi connectivity index (χ0n) is 14.3. The number of nitrogens with one attached hydrogen (secondary N) is 1. The van der Waals surface area contributed by atoms with Crippen molar-refractivity contribution >= 4 is 0 Å². The van der Waals surface area contributed by atoms with Crippen LogP contribution in [0.1, 0.15) is 36.6 Å². The summed E-state index contributed by atoms with van der Waals surface area (Å²) in [5.74, 6) is 0.790. The van der Waals surface area contributed by atoms with E-state index in [1.807, 2.05) is 31.2 Å². The van der Waals surface area contributed by atoms with Crippen LogP contribution in [0.5, 0.6) is 5.75 Å². The van der Waals surface area contributed by atoms with Crippen LogP contribution in [-0.2, 0) is 6.42 Å². The van der Waals surface area contributed by atoms with Gasteiger partial charge in [0.15, 0.2) is 0 Å². The van der Waals surface area contributed by atoms with Crippen LogP contribution in [0.3, 0.4) is 0 Å². The quantitative estimate of drug-likeness (QED) is 0.781. The topological polar surface area (TPSA) is 41.5 Å². The van der Waals surface area contributed by atoms with E-state index in [-0.39, 0.29) is 12.6 Å². The molecule has 0 bridgehead atoms. The Balaban J connectivity index is 1.74. The average Bonchev–Trinajstić information content (AvgIpc) is 2.59. The van der Waals surface area contributed by atoms with E-state index < -0.39 is 6.10 Å². The van der Waals surface area contributed by atoms with Crippen molar-refractivity contribution in [2.45, 2.75) is 39.3 Å². The van der Waals surface area contributed by atoms with Gasteiger partial charge < -0.3 is 15.2 Å². The third kappa shape index (κ3) is 5.70. The second-order valence-corrected chi connectivity index (χ2v) is 6.00. The minimum absolute atomic E-state index is 0.204. The molecule has 0 saturated carbocycles. The minimum atomic E-state index is -0.534. The van der Waals surface area contributed by atoms with Crippen molar-refractivity contribution in [1.29, 1.82) is 0 Å². The van der Waals surface area contributed by atoms with Gasteiger partial charge in [0.2, 0.25) is 0 Å². The fourth-order valence-corrected chi connectivity index (χ4v) is 2.36. The van der Waals surface area contributed by atoms with Crippen LogP contribution in [0.4, 0.5) is 0 Å². The number of benzene rings is 2. The zero-order chi connectivity index (χ0) is 16.7. The van der Waals surface area contributed by atoms with Gasteiger partial charge in [0.25, 0.3) is 0 Å². The lowest BCUT2D eigenvalue weighted by atomic mass is 10.0. The molecule has 0 aliphatic carbocycles. The fourth-order valence-electron chi connectivity index (χ4n) is 2.36. The molecule has 3 nitrogen and oxygen atoms in total. The maximum Gasteiger partial charge on any atom is 0.119 e. The summed E-state index contributed by atoms with van der Waals surface area (Å²) in [6.07, 6.45) is 0.519. The lowest BCUT2D eigenvalue weighted by Gasteiger charge is -2.18. The van der Waals surface area contributed by atoms with Gasteiger partial charge in [0, 0.05) is 12.6 Å². The second kappa shape index (κ2) is 8.70. The van der Waals surface area contributed by atoms with Gasteiger partial charge in [-0.25, -0.2) is 0 Å². The Morgan fingerprint density at radius 3 is 2.30 bits per heavy atom.